The van der Waals surface area contributed by atoms with E-state index in [1.807, 2.05) is 19.9 Å². The Kier molecular flexibility index (Phi) is 4.16. The topological polar surface area (TPSA) is 61.0 Å². The molecule has 2 N–H and O–H groups in total. The van der Waals surface area contributed by atoms with Gasteiger partial charge < -0.3 is 10.5 Å². The van der Waals surface area contributed by atoms with Crippen LogP contribution in [0.3, 0.4) is 0 Å². The third-order valence-corrected chi connectivity index (χ3v) is 3.34. The van der Waals surface area contributed by atoms with Crippen molar-refractivity contribution < 1.29 is 4.74 Å². The molecule has 2 aromatic rings. The summed E-state index contributed by atoms with van der Waals surface area (Å²) in [6.07, 6.45) is 0.726. The van der Waals surface area contributed by atoms with Gasteiger partial charge in [-0.15, -0.1) is 0 Å². The van der Waals surface area contributed by atoms with Gasteiger partial charge in [0.1, 0.15) is 17.4 Å². The van der Waals surface area contributed by atoms with Crippen LogP contribution >= 0.6 is 0 Å². The maximum absolute atomic E-state index is 5.87. The fourth-order valence-electron chi connectivity index (χ4n) is 2.05. The van der Waals surface area contributed by atoms with E-state index in [-0.39, 0.29) is 5.41 Å². The minimum absolute atomic E-state index is 0.123. The number of rotatable bonds is 3. The zero-order chi connectivity index (χ0) is 15.6. The summed E-state index contributed by atoms with van der Waals surface area (Å²) in [5.41, 5.74) is 8.26. The largest absolute Gasteiger partial charge is 0.439 e. The number of aryl methyl sites for hydroxylation is 2. The molecule has 0 spiro atoms. The molecule has 4 nitrogen and oxygen atoms in total. The van der Waals surface area contributed by atoms with Crippen molar-refractivity contribution in [1.82, 2.24) is 9.97 Å². The number of nitrogens with zero attached hydrogens (tertiary/aromatic N) is 2. The van der Waals surface area contributed by atoms with E-state index < -0.39 is 0 Å². The van der Waals surface area contributed by atoms with E-state index in [9.17, 15) is 0 Å². The Bertz CT molecular complexity index is 645. The third-order valence-electron chi connectivity index (χ3n) is 3.34. The van der Waals surface area contributed by atoms with Gasteiger partial charge in [0.15, 0.2) is 0 Å². The normalized spacial score (nSPS) is 11.5. The molecule has 0 saturated heterocycles. The monoisotopic (exact) mass is 285 g/mol. The maximum atomic E-state index is 5.87. The van der Waals surface area contributed by atoms with Crippen LogP contribution in [0.15, 0.2) is 24.3 Å². The first kappa shape index (κ1) is 15.3. The standard InChI is InChI=1S/C17H23N3O/c1-6-15-19-14(18)10-16(20-15)21-13-8-7-12(9-11(13)2)17(3,4)5/h7-10H,6H2,1-5H3,(H2,18,19,20). The molecule has 1 heterocycles. The number of anilines is 1. The molecule has 0 atom stereocenters. The molecule has 4 heteroatoms. The second-order valence-corrected chi connectivity index (χ2v) is 6.23. The van der Waals surface area contributed by atoms with Crippen LogP contribution in [0.2, 0.25) is 0 Å². The van der Waals surface area contributed by atoms with Gasteiger partial charge in [0.2, 0.25) is 5.88 Å². The Morgan fingerprint density at radius 2 is 1.86 bits per heavy atom. The lowest BCUT2D eigenvalue weighted by atomic mass is 9.86. The summed E-state index contributed by atoms with van der Waals surface area (Å²) in [5, 5.41) is 0. The van der Waals surface area contributed by atoms with Gasteiger partial charge in [0.05, 0.1) is 0 Å². The minimum Gasteiger partial charge on any atom is -0.439 e. The first-order valence-corrected chi connectivity index (χ1v) is 7.22. The van der Waals surface area contributed by atoms with Gasteiger partial charge in [-0.05, 0) is 29.5 Å². The summed E-state index contributed by atoms with van der Waals surface area (Å²) < 4.78 is 5.87. The fourth-order valence-corrected chi connectivity index (χ4v) is 2.05. The molecule has 0 amide bonds. The van der Waals surface area contributed by atoms with E-state index in [4.69, 9.17) is 10.5 Å². The van der Waals surface area contributed by atoms with Crippen LogP contribution in [0.25, 0.3) is 0 Å². The van der Waals surface area contributed by atoms with E-state index in [1.54, 1.807) is 6.07 Å². The molecule has 112 valence electrons. The molecular weight excluding hydrogens is 262 g/mol. The van der Waals surface area contributed by atoms with E-state index in [2.05, 4.69) is 42.9 Å². The van der Waals surface area contributed by atoms with Crippen molar-refractivity contribution in [2.24, 2.45) is 0 Å². The Morgan fingerprint density at radius 3 is 2.43 bits per heavy atom. The highest BCUT2D eigenvalue weighted by Gasteiger charge is 2.15. The van der Waals surface area contributed by atoms with Gasteiger partial charge in [0, 0.05) is 12.5 Å². The molecule has 0 aliphatic carbocycles. The fraction of sp³-hybridized carbons (Fsp3) is 0.412. The summed E-state index contributed by atoms with van der Waals surface area (Å²) in [5.74, 6) is 2.41. The molecule has 0 saturated carbocycles. The van der Waals surface area contributed by atoms with Crippen molar-refractivity contribution in [3.8, 4) is 11.6 Å². The predicted octanol–water partition coefficient (Wildman–Crippen LogP) is 4.02. The number of nitrogens with two attached hydrogens (primary N) is 1. The molecule has 0 bridgehead atoms. The lowest BCUT2D eigenvalue weighted by molar-refractivity contribution is 0.455. The number of nitrogen functional groups attached to an aromatic ring is 1. The zero-order valence-electron chi connectivity index (χ0n) is 13.4. The summed E-state index contributed by atoms with van der Waals surface area (Å²) in [6, 6.07) is 7.88. The van der Waals surface area contributed by atoms with E-state index in [0.29, 0.717) is 17.5 Å². The summed E-state index contributed by atoms with van der Waals surface area (Å²) >= 11 is 0. The van der Waals surface area contributed by atoms with Gasteiger partial charge in [0.25, 0.3) is 0 Å². The number of hydrogen-bond acceptors (Lipinski definition) is 4. The number of benzene rings is 1. The van der Waals surface area contributed by atoms with E-state index in [1.165, 1.54) is 5.56 Å². The predicted molar refractivity (Wildman–Crippen MR) is 85.8 cm³/mol. The van der Waals surface area contributed by atoms with Crippen molar-refractivity contribution in [1.29, 1.82) is 0 Å². The average Bonchev–Trinajstić information content (AvgIpc) is 2.39. The first-order chi connectivity index (χ1) is 9.79. The Morgan fingerprint density at radius 1 is 1.14 bits per heavy atom. The summed E-state index contributed by atoms with van der Waals surface area (Å²) in [7, 11) is 0. The van der Waals surface area contributed by atoms with E-state index in [0.717, 1.165) is 17.7 Å². The quantitative estimate of drug-likeness (QED) is 0.925. The van der Waals surface area contributed by atoms with Crippen LogP contribution in [-0.4, -0.2) is 9.97 Å². The van der Waals surface area contributed by atoms with Crippen molar-refractivity contribution in [3.05, 3.63) is 41.2 Å². The third kappa shape index (κ3) is 3.72. The van der Waals surface area contributed by atoms with Crippen LogP contribution in [-0.2, 0) is 11.8 Å². The molecule has 1 aromatic heterocycles. The number of ether oxygens (including phenoxy) is 1. The van der Waals surface area contributed by atoms with Gasteiger partial charge in [-0.1, -0.05) is 39.8 Å². The minimum atomic E-state index is 0.123. The first-order valence-electron chi connectivity index (χ1n) is 7.22. The van der Waals surface area contributed by atoms with Crippen molar-refractivity contribution in [3.63, 3.8) is 0 Å². The van der Waals surface area contributed by atoms with Crippen LogP contribution in [0.5, 0.6) is 11.6 Å². The van der Waals surface area contributed by atoms with Crippen molar-refractivity contribution in [2.75, 3.05) is 5.73 Å². The van der Waals surface area contributed by atoms with E-state index >= 15 is 0 Å². The Labute approximate surface area is 126 Å². The highest BCUT2D eigenvalue weighted by molar-refractivity contribution is 5.42. The summed E-state index contributed by atoms with van der Waals surface area (Å²) in [4.78, 5) is 8.50. The molecule has 1 aromatic carbocycles. The van der Waals surface area contributed by atoms with Crippen molar-refractivity contribution >= 4 is 5.82 Å². The Hall–Kier alpha value is -2.10. The molecule has 0 aliphatic heterocycles. The van der Waals surface area contributed by atoms with Gasteiger partial charge in [-0.25, -0.2) is 4.98 Å². The van der Waals surface area contributed by atoms with Gasteiger partial charge in [-0.3, -0.25) is 0 Å². The number of hydrogen-bond donors (Lipinski definition) is 1. The second kappa shape index (κ2) is 5.72. The van der Waals surface area contributed by atoms with Crippen LogP contribution in [0.1, 0.15) is 44.6 Å². The molecule has 2 rings (SSSR count). The highest BCUT2D eigenvalue weighted by atomic mass is 16.5. The molecule has 0 unspecified atom stereocenters. The lowest BCUT2D eigenvalue weighted by Gasteiger charge is -2.20. The molecule has 0 fully saturated rings. The van der Waals surface area contributed by atoms with Crippen LogP contribution in [0.4, 0.5) is 5.82 Å². The van der Waals surface area contributed by atoms with Crippen molar-refractivity contribution in [2.45, 2.75) is 46.5 Å². The zero-order valence-corrected chi connectivity index (χ0v) is 13.4. The maximum Gasteiger partial charge on any atom is 0.224 e. The lowest BCUT2D eigenvalue weighted by Crippen LogP contribution is -2.11. The van der Waals surface area contributed by atoms with Gasteiger partial charge >= 0.3 is 0 Å². The van der Waals surface area contributed by atoms with Crippen LogP contribution in [0, 0.1) is 6.92 Å². The average molecular weight is 285 g/mol. The SMILES string of the molecule is CCc1nc(N)cc(Oc2ccc(C(C)(C)C)cc2C)n1. The Balaban J connectivity index is 2.30. The smallest absolute Gasteiger partial charge is 0.224 e. The second-order valence-electron chi connectivity index (χ2n) is 6.23. The van der Waals surface area contributed by atoms with Crippen LogP contribution < -0.4 is 10.5 Å². The molecule has 0 radical (unpaired) electrons. The number of aromatic nitrogens is 2. The van der Waals surface area contributed by atoms with Gasteiger partial charge in [-0.2, -0.15) is 4.98 Å². The highest BCUT2D eigenvalue weighted by Crippen LogP contribution is 2.30. The summed E-state index contributed by atoms with van der Waals surface area (Å²) in [6.45, 7) is 10.6. The molecule has 0 aliphatic rings. The molecular formula is C17H23N3O. The molecule has 21 heavy (non-hydrogen) atoms.